The number of carbonyl (C=O) groups excluding carboxylic acids is 1. The molecule has 1 N–H and O–H groups in total. The number of piperidine rings is 1. The summed E-state index contributed by atoms with van der Waals surface area (Å²) in [7, 11) is 1.86. The molecule has 0 spiro atoms. The van der Waals surface area contributed by atoms with E-state index in [1.807, 2.05) is 22.7 Å². The van der Waals surface area contributed by atoms with Crippen molar-refractivity contribution in [3.63, 3.8) is 0 Å². The lowest BCUT2D eigenvalue weighted by Crippen LogP contribution is -2.42. The molecule has 0 bridgehead atoms. The van der Waals surface area contributed by atoms with Crippen molar-refractivity contribution in [2.75, 3.05) is 25.5 Å². The summed E-state index contributed by atoms with van der Waals surface area (Å²) in [4.78, 5) is 27.1. The van der Waals surface area contributed by atoms with Gasteiger partial charge in [-0.2, -0.15) is 0 Å². The predicted octanol–water partition coefficient (Wildman–Crippen LogP) is 1.20. The van der Waals surface area contributed by atoms with Crippen LogP contribution in [0.1, 0.15) is 18.5 Å². The van der Waals surface area contributed by atoms with Gasteiger partial charge in [0.05, 0.1) is 12.0 Å². The smallest absolute Gasteiger partial charge is 0.242 e. The summed E-state index contributed by atoms with van der Waals surface area (Å²) in [6.07, 6.45) is 11.6. The van der Waals surface area contributed by atoms with Crippen molar-refractivity contribution in [2.24, 2.45) is 5.92 Å². The van der Waals surface area contributed by atoms with Crippen LogP contribution in [0.25, 0.3) is 0 Å². The Morgan fingerprint density at radius 3 is 3.00 bits per heavy atom. The number of amides is 1. The average molecular weight is 314 g/mol. The van der Waals surface area contributed by atoms with Crippen LogP contribution in [-0.2, 0) is 17.8 Å². The summed E-state index contributed by atoms with van der Waals surface area (Å²) in [5.74, 6) is 1.41. The standard InChI is InChI=1S/C16H22N6O/c1-17-16-14(19-4-5-20-16)9-13-3-2-7-22(10-13)15(23)11-21-8-6-18-12-21/h4-6,8,12-13H,2-3,7,9-11H2,1H3,(H,17,20). The molecule has 122 valence electrons. The minimum atomic E-state index is 0.153. The topological polar surface area (TPSA) is 75.9 Å². The van der Waals surface area contributed by atoms with Crippen LogP contribution >= 0.6 is 0 Å². The Morgan fingerprint density at radius 2 is 2.22 bits per heavy atom. The van der Waals surface area contributed by atoms with Crippen molar-refractivity contribution < 1.29 is 4.79 Å². The van der Waals surface area contributed by atoms with Gasteiger partial charge >= 0.3 is 0 Å². The third-order valence-corrected chi connectivity index (χ3v) is 4.24. The van der Waals surface area contributed by atoms with Crippen molar-refractivity contribution >= 4 is 11.7 Å². The van der Waals surface area contributed by atoms with Gasteiger partial charge in [-0.25, -0.2) is 9.97 Å². The Hall–Kier alpha value is -2.44. The quantitative estimate of drug-likeness (QED) is 0.897. The van der Waals surface area contributed by atoms with Crippen LogP contribution < -0.4 is 5.32 Å². The van der Waals surface area contributed by atoms with Crippen LogP contribution in [0.4, 0.5) is 5.82 Å². The van der Waals surface area contributed by atoms with E-state index in [4.69, 9.17) is 0 Å². The second-order valence-electron chi connectivity index (χ2n) is 5.89. The molecular formula is C16H22N6O. The van der Waals surface area contributed by atoms with Gasteiger partial charge < -0.3 is 14.8 Å². The number of aromatic nitrogens is 4. The highest BCUT2D eigenvalue weighted by Gasteiger charge is 2.25. The normalized spacial score (nSPS) is 18.0. The molecule has 1 fully saturated rings. The molecule has 1 atom stereocenters. The first-order chi connectivity index (χ1) is 11.3. The summed E-state index contributed by atoms with van der Waals surface area (Å²) in [5.41, 5.74) is 0.976. The van der Waals surface area contributed by atoms with Crippen molar-refractivity contribution in [3.05, 3.63) is 36.8 Å². The van der Waals surface area contributed by atoms with E-state index < -0.39 is 0 Å². The molecule has 1 aliphatic heterocycles. The second-order valence-corrected chi connectivity index (χ2v) is 5.89. The van der Waals surface area contributed by atoms with Gasteiger partial charge in [-0.1, -0.05) is 0 Å². The van der Waals surface area contributed by atoms with Crippen molar-refractivity contribution in [1.29, 1.82) is 0 Å². The first-order valence-electron chi connectivity index (χ1n) is 7.97. The number of hydrogen-bond acceptors (Lipinski definition) is 5. The average Bonchev–Trinajstić information content (AvgIpc) is 3.08. The maximum Gasteiger partial charge on any atom is 0.242 e. The molecule has 1 unspecified atom stereocenters. The van der Waals surface area contributed by atoms with Crippen molar-refractivity contribution in [1.82, 2.24) is 24.4 Å². The number of imidazole rings is 1. The molecule has 1 amide bonds. The molecule has 1 aliphatic rings. The third kappa shape index (κ3) is 3.85. The van der Waals surface area contributed by atoms with E-state index in [1.54, 1.807) is 24.9 Å². The molecule has 2 aromatic heterocycles. The molecule has 2 aromatic rings. The molecular weight excluding hydrogens is 292 g/mol. The van der Waals surface area contributed by atoms with Crippen LogP contribution in [0.3, 0.4) is 0 Å². The highest BCUT2D eigenvalue weighted by molar-refractivity contribution is 5.76. The van der Waals surface area contributed by atoms with E-state index in [1.165, 1.54) is 0 Å². The number of anilines is 1. The van der Waals surface area contributed by atoms with E-state index in [-0.39, 0.29) is 5.91 Å². The Balaban J connectivity index is 1.60. The molecule has 23 heavy (non-hydrogen) atoms. The van der Waals surface area contributed by atoms with E-state index in [2.05, 4.69) is 20.3 Å². The van der Waals surface area contributed by atoms with E-state index in [0.717, 1.165) is 43.9 Å². The first kappa shape index (κ1) is 15.5. The second kappa shape index (κ2) is 7.21. The Kier molecular flexibility index (Phi) is 4.85. The summed E-state index contributed by atoms with van der Waals surface area (Å²) in [6.45, 7) is 1.98. The van der Waals surface area contributed by atoms with E-state index in [9.17, 15) is 4.79 Å². The Morgan fingerprint density at radius 1 is 1.35 bits per heavy atom. The van der Waals surface area contributed by atoms with Crippen LogP contribution in [0.15, 0.2) is 31.1 Å². The van der Waals surface area contributed by atoms with Gasteiger partial charge in [0.15, 0.2) is 0 Å². The summed E-state index contributed by atoms with van der Waals surface area (Å²) in [5, 5.41) is 3.08. The summed E-state index contributed by atoms with van der Waals surface area (Å²) >= 11 is 0. The maximum atomic E-state index is 12.4. The number of rotatable bonds is 5. The predicted molar refractivity (Wildman–Crippen MR) is 86.8 cm³/mol. The van der Waals surface area contributed by atoms with E-state index >= 15 is 0 Å². The Bertz CT molecular complexity index is 642. The zero-order valence-electron chi connectivity index (χ0n) is 13.4. The number of likely N-dealkylation sites (tertiary alicyclic amines) is 1. The zero-order chi connectivity index (χ0) is 16.1. The van der Waals surface area contributed by atoms with Gasteiger partial charge in [-0.15, -0.1) is 0 Å². The molecule has 3 rings (SSSR count). The molecule has 0 saturated carbocycles. The lowest BCUT2D eigenvalue weighted by atomic mass is 9.93. The number of carbonyl (C=O) groups is 1. The van der Waals surface area contributed by atoms with Gasteiger partial charge in [0.25, 0.3) is 0 Å². The first-order valence-corrected chi connectivity index (χ1v) is 7.97. The highest BCUT2D eigenvalue weighted by atomic mass is 16.2. The minimum absolute atomic E-state index is 0.153. The highest BCUT2D eigenvalue weighted by Crippen LogP contribution is 2.22. The zero-order valence-corrected chi connectivity index (χ0v) is 13.4. The van der Waals surface area contributed by atoms with Gasteiger partial charge in [-0.3, -0.25) is 9.78 Å². The molecule has 0 aliphatic carbocycles. The molecule has 7 nitrogen and oxygen atoms in total. The lowest BCUT2D eigenvalue weighted by Gasteiger charge is -2.33. The number of hydrogen-bond donors (Lipinski definition) is 1. The van der Waals surface area contributed by atoms with E-state index in [0.29, 0.717) is 12.5 Å². The van der Waals surface area contributed by atoms with Gasteiger partial charge in [0.1, 0.15) is 12.4 Å². The number of nitrogens with zero attached hydrogens (tertiary/aromatic N) is 5. The molecule has 0 radical (unpaired) electrons. The molecule has 1 saturated heterocycles. The monoisotopic (exact) mass is 314 g/mol. The van der Waals surface area contributed by atoms with Gasteiger partial charge in [0, 0.05) is 44.9 Å². The molecule has 0 aromatic carbocycles. The number of nitrogens with one attached hydrogen (secondary N) is 1. The third-order valence-electron chi connectivity index (χ3n) is 4.24. The lowest BCUT2D eigenvalue weighted by molar-refractivity contribution is -0.133. The van der Waals surface area contributed by atoms with Crippen LogP contribution in [0.5, 0.6) is 0 Å². The fourth-order valence-electron chi connectivity index (χ4n) is 3.09. The molecule has 3 heterocycles. The van der Waals surface area contributed by atoms with Gasteiger partial charge in [0.2, 0.25) is 5.91 Å². The van der Waals surface area contributed by atoms with Crippen LogP contribution in [-0.4, -0.2) is 50.5 Å². The fraction of sp³-hybridized carbons (Fsp3) is 0.500. The maximum absolute atomic E-state index is 12.4. The largest absolute Gasteiger partial charge is 0.372 e. The fourth-order valence-corrected chi connectivity index (χ4v) is 3.09. The summed E-state index contributed by atoms with van der Waals surface area (Å²) < 4.78 is 1.81. The minimum Gasteiger partial charge on any atom is -0.372 e. The van der Waals surface area contributed by atoms with Crippen molar-refractivity contribution in [3.8, 4) is 0 Å². The molecule has 7 heteroatoms. The Labute approximate surface area is 135 Å². The van der Waals surface area contributed by atoms with Gasteiger partial charge in [-0.05, 0) is 25.2 Å². The van der Waals surface area contributed by atoms with Crippen LogP contribution in [0.2, 0.25) is 0 Å². The SMILES string of the molecule is CNc1nccnc1CC1CCCN(C(=O)Cn2ccnc2)C1. The van der Waals surface area contributed by atoms with Crippen LogP contribution in [0, 0.1) is 5.92 Å². The summed E-state index contributed by atoms with van der Waals surface area (Å²) in [6, 6.07) is 0. The van der Waals surface area contributed by atoms with Crippen molar-refractivity contribution in [2.45, 2.75) is 25.8 Å².